The molecule has 190 valence electrons. The Hall–Kier alpha value is -2.01. The molecular formula is C25H31ClN2O6S. The van der Waals surface area contributed by atoms with Crippen LogP contribution in [0.4, 0.5) is 0 Å². The molecule has 2 fully saturated rings. The molecule has 2 aliphatic heterocycles. The minimum atomic E-state index is -3.87. The smallest absolute Gasteiger partial charge is 0.243 e. The van der Waals surface area contributed by atoms with Gasteiger partial charge in [-0.1, -0.05) is 48.0 Å². The van der Waals surface area contributed by atoms with Gasteiger partial charge in [-0.25, -0.2) is 8.42 Å². The maximum Gasteiger partial charge on any atom is 0.243 e. The van der Waals surface area contributed by atoms with E-state index in [1.54, 1.807) is 37.3 Å². The van der Waals surface area contributed by atoms with E-state index >= 15 is 0 Å². The molecule has 0 aliphatic carbocycles. The summed E-state index contributed by atoms with van der Waals surface area (Å²) in [4.78, 5) is 12.8. The fourth-order valence-electron chi connectivity index (χ4n) is 4.66. The zero-order valence-electron chi connectivity index (χ0n) is 19.6. The molecule has 2 heterocycles. The van der Waals surface area contributed by atoms with Crippen molar-refractivity contribution in [2.45, 2.75) is 62.0 Å². The molecule has 2 aromatic carbocycles. The van der Waals surface area contributed by atoms with E-state index in [-0.39, 0.29) is 43.1 Å². The summed E-state index contributed by atoms with van der Waals surface area (Å²) in [5.41, 5.74) is 1.47. The van der Waals surface area contributed by atoms with Crippen LogP contribution < -0.4 is 5.32 Å². The SMILES string of the molecule is Cc1ccccc1S(=O)(=O)N1C[C@@H](O)COC[C@@H]2O[C@@H](CC(=O)NCc3ccccc3Cl)CC[C@H]21. The molecule has 2 N–H and O–H groups in total. The van der Waals surface area contributed by atoms with Crippen molar-refractivity contribution in [3.63, 3.8) is 0 Å². The average molecular weight is 523 g/mol. The van der Waals surface area contributed by atoms with Gasteiger partial charge in [0, 0.05) is 18.1 Å². The fraction of sp³-hybridized carbons (Fsp3) is 0.480. The molecule has 2 aliphatic rings. The minimum absolute atomic E-state index is 0.00929. The largest absolute Gasteiger partial charge is 0.389 e. The van der Waals surface area contributed by atoms with Crippen LogP contribution in [0.25, 0.3) is 0 Å². The van der Waals surface area contributed by atoms with Crippen molar-refractivity contribution >= 4 is 27.5 Å². The third kappa shape index (κ3) is 6.22. The Morgan fingerprint density at radius 1 is 1.14 bits per heavy atom. The van der Waals surface area contributed by atoms with Crippen LogP contribution in [0.3, 0.4) is 0 Å². The van der Waals surface area contributed by atoms with Gasteiger partial charge in [0.1, 0.15) is 0 Å². The van der Waals surface area contributed by atoms with E-state index in [4.69, 9.17) is 21.1 Å². The molecule has 0 radical (unpaired) electrons. The summed E-state index contributed by atoms with van der Waals surface area (Å²) in [5, 5.41) is 13.8. The fourth-order valence-corrected chi connectivity index (χ4v) is 6.80. The van der Waals surface area contributed by atoms with E-state index in [9.17, 15) is 18.3 Å². The number of aryl methyl sites for hydroxylation is 1. The maximum atomic E-state index is 13.6. The number of hydrogen-bond donors (Lipinski definition) is 2. The number of fused-ring (bicyclic) bond motifs is 1. The lowest BCUT2D eigenvalue weighted by Gasteiger charge is -2.43. The molecule has 2 saturated heterocycles. The van der Waals surface area contributed by atoms with Crippen LogP contribution in [0.15, 0.2) is 53.4 Å². The number of benzene rings is 2. The first-order valence-electron chi connectivity index (χ1n) is 11.7. The lowest BCUT2D eigenvalue weighted by atomic mass is 9.96. The number of nitrogens with one attached hydrogen (secondary N) is 1. The van der Waals surface area contributed by atoms with Crippen molar-refractivity contribution in [2.75, 3.05) is 19.8 Å². The lowest BCUT2D eigenvalue weighted by molar-refractivity contribution is -0.146. The number of carbonyl (C=O) groups is 1. The van der Waals surface area contributed by atoms with Gasteiger partial charge in [0.25, 0.3) is 0 Å². The van der Waals surface area contributed by atoms with Crippen LogP contribution in [0.1, 0.15) is 30.4 Å². The molecular weight excluding hydrogens is 492 g/mol. The summed E-state index contributed by atoms with van der Waals surface area (Å²) in [6.07, 6.45) is -0.691. The van der Waals surface area contributed by atoms with E-state index in [1.807, 2.05) is 18.2 Å². The molecule has 1 amide bonds. The number of rotatable bonds is 6. The van der Waals surface area contributed by atoms with Gasteiger partial charge >= 0.3 is 0 Å². The second-order valence-corrected chi connectivity index (χ2v) is 11.3. The molecule has 4 atom stereocenters. The van der Waals surface area contributed by atoms with Gasteiger partial charge < -0.3 is 19.9 Å². The maximum absolute atomic E-state index is 13.6. The van der Waals surface area contributed by atoms with E-state index in [2.05, 4.69) is 5.32 Å². The number of carbonyl (C=O) groups excluding carboxylic acids is 1. The molecule has 0 unspecified atom stereocenters. The Bertz CT molecular complexity index is 1140. The first kappa shape index (κ1) is 26.1. The van der Waals surface area contributed by atoms with Crippen LogP contribution >= 0.6 is 11.6 Å². The van der Waals surface area contributed by atoms with Crippen LogP contribution in [0, 0.1) is 6.92 Å². The third-order valence-corrected chi connectivity index (χ3v) is 8.88. The van der Waals surface area contributed by atoms with Crippen molar-refractivity contribution in [3.05, 3.63) is 64.7 Å². The van der Waals surface area contributed by atoms with Gasteiger partial charge in [-0.2, -0.15) is 4.31 Å². The summed E-state index contributed by atoms with van der Waals surface area (Å²) in [5.74, 6) is -0.167. The van der Waals surface area contributed by atoms with Crippen LogP contribution in [0.2, 0.25) is 5.02 Å². The predicted molar refractivity (Wildman–Crippen MR) is 131 cm³/mol. The summed E-state index contributed by atoms with van der Waals surface area (Å²) < 4.78 is 40.4. The number of nitrogens with zero attached hydrogens (tertiary/aromatic N) is 1. The molecule has 2 aromatic rings. The second kappa shape index (κ2) is 11.4. The van der Waals surface area contributed by atoms with Gasteiger partial charge in [-0.05, 0) is 43.0 Å². The Labute approximate surface area is 211 Å². The van der Waals surface area contributed by atoms with Crippen molar-refractivity contribution in [1.29, 1.82) is 0 Å². The quantitative estimate of drug-likeness (QED) is 0.604. The number of sulfonamides is 1. The third-order valence-electron chi connectivity index (χ3n) is 6.46. The van der Waals surface area contributed by atoms with Gasteiger partial charge in [0.05, 0.1) is 48.9 Å². The number of hydrogen-bond acceptors (Lipinski definition) is 6. The molecule has 4 rings (SSSR count). The van der Waals surface area contributed by atoms with Crippen molar-refractivity contribution in [3.8, 4) is 0 Å². The Morgan fingerprint density at radius 3 is 2.66 bits per heavy atom. The van der Waals surface area contributed by atoms with E-state index in [0.29, 0.717) is 30.0 Å². The standard InChI is InChI=1S/C25H31ClN2O6S/c1-17-6-2-5-9-24(17)35(31,32)28-14-19(29)15-33-16-23-22(28)11-10-20(34-23)12-25(30)27-13-18-7-3-4-8-21(18)26/h2-9,19-20,22-23,29H,10-16H2,1H3,(H,27,30)/t19-,20-,22-,23+/m1/s1. The molecule has 0 saturated carbocycles. The van der Waals surface area contributed by atoms with Gasteiger partial charge in [0.15, 0.2) is 0 Å². The van der Waals surface area contributed by atoms with E-state index in [1.165, 1.54) is 4.31 Å². The Morgan fingerprint density at radius 2 is 1.89 bits per heavy atom. The highest BCUT2D eigenvalue weighted by Gasteiger charge is 2.43. The number of halogens is 1. The molecule has 0 aromatic heterocycles. The summed E-state index contributed by atoms with van der Waals surface area (Å²) in [6, 6.07) is 13.6. The van der Waals surface area contributed by atoms with Crippen LogP contribution in [-0.2, 0) is 30.8 Å². The monoisotopic (exact) mass is 522 g/mol. The summed E-state index contributed by atoms with van der Waals surface area (Å²) in [6.45, 7) is 2.14. The van der Waals surface area contributed by atoms with E-state index in [0.717, 1.165) is 5.56 Å². The second-order valence-electron chi connectivity index (χ2n) is 9.05. The molecule has 0 spiro atoms. The summed E-state index contributed by atoms with van der Waals surface area (Å²) >= 11 is 6.16. The number of aliphatic hydroxyl groups excluding tert-OH is 1. The number of amides is 1. The Kier molecular flexibility index (Phi) is 8.46. The molecule has 8 nitrogen and oxygen atoms in total. The zero-order valence-corrected chi connectivity index (χ0v) is 21.2. The zero-order chi connectivity index (χ0) is 25.0. The first-order valence-corrected chi connectivity index (χ1v) is 13.6. The lowest BCUT2D eigenvalue weighted by Crippen LogP contribution is -2.57. The number of ether oxygens (including phenoxy) is 2. The molecule has 35 heavy (non-hydrogen) atoms. The summed E-state index contributed by atoms with van der Waals surface area (Å²) in [7, 11) is -3.87. The minimum Gasteiger partial charge on any atom is -0.389 e. The first-order chi connectivity index (χ1) is 16.8. The van der Waals surface area contributed by atoms with Gasteiger partial charge in [-0.15, -0.1) is 0 Å². The molecule has 0 bridgehead atoms. The number of β-amino-alcohol motifs (C(OH)–C–C–N with tert-alkyl or cyclic N) is 1. The topological polar surface area (TPSA) is 105 Å². The highest BCUT2D eigenvalue weighted by Crippen LogP contribution is 2.32. The van der Waals surface area contributed by atoms with Crippen molar-refractivity contribution in [1.82, 2.24) is 9.62 Å². The van der Waals surface area contributed by atoms with Crippen LogP contribution in [-0.4, -0.2) is 67.8 Å². The van der Waals surface area contributed by atoms with Crippen molar-refractivity contribution < 1.29 is 27.8 Å². The van der Waals surface area contributed by atoms with Gasteiger partial charge in [0.2, 0.25) is 15.9 Å². The number of aliphatic hydroxyl groups is 1. The highest BCUT2D eigenvalue weighted by atomic mass is 35.5. The average Bonchev–Trinajstić information content (AvgIpc) is 2.81. The van der Waals surface area contributed by atoms with E-state index < -0.39 is 28.3 Å². The van der Waals surface area contributed by atoms with Gasteiger partial charge in [-0.3, -0.25) is 4.79 Å². The molecule has 10 heteroatoms. The predicted octanol–water partition coefficient (Wildman–Crippen LogP) is 2.65. The highest BCUT2D eigenvalue weighted by molar-refractivity contribution is 7.89. The van der Waals surface area contributed by atoms with Crippen LogP contribution in [0.5, 0.6) is 0 Å². The Balaban J connectivity index is 1.44. The van der Waals surface area contributed by atoms with Crippen molar-refractivity contribution in [2.24, 2.45) is 0 Å². The normalized spacial score (nSPS) is 25.8.